The molecule has 2 aliphatic heterocycles. The number of carbonyl (C=O) groups is 1. The minimum atomic E-state index is -0.590. The number of fused-ring (bicyclic) bond motifs is 3. The van der Waals surface area contributed by atoms with Gasteiger partial charge in [-0.25, -0.2) is 4.79 Å². The molecule has 0 bridgehead atoms. The van der Waals surface area contributed by atoms with E-state index in [1.54, 1.807) is 0 Å². The standard InChI is InChI=1S/C25H31NO5/c1-16-21(8-7-19-18-5-3-6-20(18)24(28)31-22(16)19)30-17(2)23(27)26-12-4-9-25(15-26)10-13-29-14-11-25/h7-8,17H,3-6,9-15H2,1-2H3. The van der Waals surface area contributed by atoms with Crippen LogP contribution in [0.1, 0.15) is 55.7 Å². The summed E-state index contributed by atoms with van der Waals surface area (Å²) >= 11 is 0. The zero-order valence-corrected chi connectivity index (χ0v) is 18.5. The molecule has 31 heavy (non-hydrogen) atoms. The topological polar surface area (TPSA) is 69.0 Å². The zero-order valence-electron chi connectivity index (χ0n) is 18.5. The third-order valence-corrected chi connectivity index (χ3v) is 7.52. The SMILES string of the molecule is Cc1c(OC(C)C(=O)N2CCCC3(CCOCC3)C2)ccc2c3c(c(=O)oc12)CCC3. The van der Waals surface area contributed by atoms with Crippen LogP contribution in [0.2, 0.25) is 0 Å². The molecule has 2 fully saturated rings. The Morgan fingerprint density at radius 1 is 1.13 bits per heavy atom. The maximum absolute atomic E-state index is 13.2. The van der Waals surface area contributed by atoms with Crippen molar-refractivity contribution in [2.45, 2.75) is 64.9 Å². The number of hydrogen-bond acceptors (Lipinski definition) is 5. The molecule has 1 aromatic carbocycles. The molecule has 2 aromatic rings. The van der Waals surface area contributed by atoms with Crippen molar-refractivity contribution < 1.29 is 18.7 Å². The number of rotatable bonds is 3. The average Bonchev–Trinajstić information content (AvgIpc) is 3.27. The van der Waals surface area contributed by atoms with E-state index in [9.17, 15) is 9.59 Å². The Morgan fingerprint density at radius 2 is 1.90 bits per heavy atom. The van der Waals surface area contributed by atoms with Gasteiger partial charge in [-0.1, -0.05) is 0 Å². The Kier molecular flexibility index (Phi) is 5.29. The number of benzene rings is 1. The molecule has 1 atom stereocenters. The fourth-order valence-corrected chi connectivity index (χ4v) is 5.70. The first-order valence-electron chi connectivity index (χ1n) is 11.6. The van der Waals surface area contributed by atoms with E-state index >= 15 is 0 Å². The zero-order chi connectivity index (χ0) is 21.6. The van der Waals surface area contributed by atoms with Crippen molar-refractivity contribution in [1.82, 2.24) is 4.90 Å². The molecule has 0 N–H and O–H groups in total. The summed E-state index contributed by atoms with van der Waals surface area (Å²) in [5.74, 6) is 0.632. The van der Waals surface area contributed by atoms with Crippen LogP contribution >= 0.6 is 0 Å². The second-order valence-corrected chi connectivity index (χ2v) is 9.50. The lowest BCUT2D eigenvalue weighted by molar-refractivity contribution is -0.143. The van der Waals surface area contributed by atoms with Crippen LogP contribution < -0.4 is 10.4 Å². The summed E-state index contributed by atoms with van der Waals surface area (Å²) in [6.07, 6.45) is 6.36. The highest BCUT2D eigenvalue weighted by molar-refractivity contribution is 5.87. The molecule has 3 aliphatic rings. The Bertz CT molecular complexity index is 1060. The van der Waals surface area contributed by atoms with Crippen LogP contribution in [0.5, 0.6) is 5.75 Å². The molecule has 1 aromatic heterocycles. The monoisotopic (exact) mass is 425 g/mol. The van der Waals surface area contributed by atoms with Gasteiger partial charge in [0.2, 0.25) is 0 Å². The van der Waals surface area contributed by atoms with Crippen molar-refractivity contribution in [1.29, 1.82) is 0 Å². The Hall–Kier alpha value is -2.34. The van der Waals surface area contributed by atoms with Gasteiger partial charge < -0.3 is 18.8 Å². The smallest absolute Gasteiger partial charge is 0.339 e. The molecule has 6 heteroatoms. The molecule has 5 rings (SSSR count). The van der Waals surface area contributed by atoms with Crippen molar-refractivity contribution in [3.05, 3.63) is 39.2 Å². The highest BCUT2D eigenvalue weighted by Crippen LogP contribution is 2.39. The van der Waals surface area contributed by atoms with Gasteiger partial charge in [0.1, 0.15) is 11.3 Å². The van der Waals surface area contributed by atoms with Gasteiger partial charge in [0.05, 0.1) is 0 Å². The second-order valence-electron chi connectivity index (χ2n) is 9.50. The summed E-state index contributed by atoms with van der Waals surface area (Å²) < 4.78 is 17.3. The van der Waals surface area contributed by atoms with E-state index in [4.69, 9.17) is 13.9 Å². The summed E-state index contributed by atoms with van der Waals surface area (Å²) in [6, 6.07) is 3.89. The van der Waals surface area contributed by atoms with Gasteiger partial charge >= 0.3 is 5.63 Å². The first-order valence-corrected chi connectivity index (χ1v) is 11.6. The first-order chi connectivity index (χ1) is 15.0. The van der Waals surface area contributed by atoms with E-state index in [2.05, 4.69) is 0 Å². The number of hydrogen-bond donors (Lipinski definition) is 0. The van der Waals surface area contributed by atoms with Crippen LogP contribution in [0.25, 0.3) is 11.0 Å². The molecule has 1 aliphatic carbocycles. The summed E-state index contributed by atoms with van der Waals surface area (Å²) in [6.45, 7) is 6.87. The molecular formula is C25H31NO5. The molecule has 166 valence electrons. The Labute approximate surface area is 182 Å². The van der Waals surface area contributed by atoms with Crippen molar-refractivity contribution >= 4 is 16.9 Å². The van der Waals surface area contributed by atoms with Gasteiger partial charge in [0.15, 0.2) is 6.10 Å². The lowest BCUT2D eigenvalue weighted by Crippen LogP contribution is -2.51. The normalized spacial score (nSPS) is 21.3. The minimum absolute atomic E-state index is 0.0282. The third kappa shape index (κ3) is 3.65. The number of ether oxygens (including phenoxy) is 2. The number of amides is 1. The Balaban J connectivity index is 1.36. The maximum atomic E-state index is 13.2. The lowest BCUT2D eigenvalue weighted by atomic mass is 9.74. The quantitative estimate of drug-likeness (QED) is 0.700. The molecule has 1 amide bonds. The summed E-state index contributed by atoms with van der Waals surface area (Å²) in [5, 5.41) is 0.994. The van der Waals surface area contributed by atoms with Crippen LogP contribution in [0, 0.1) is 12.3 Å². The Morgan fingerprint density at radius 3 is 2.71 bits per heavy atom. The molecule has 1 spiro atoms. The fourth-order valence-electron chi connectivity index (χ4n) is 5.70. The highest BCUT2D eigenvalue weighted by atomic mass is 16.5. The van der Waals surface area contributed by atoms with Crippen LogP contribution in [0.3, 0.4) is 0 Å². The van der Waals surface area contributed by atoms with Gasteiger partial charge in [0.25, 0.3) is 5.91 Å². The van der Waals surface area contributed by atoms with Gasteiger partial charge in [0, 0.05) is 42.8 Å². The highest BCUT2D eigenvalue weighted by Gasteiger charge is 2.39. The molecule has 1 unspecified atom stereocenters. The van der Waals surface area contributed by atoms with Crippen LogP contribution in [-0.4, -0.2) is 43.2 Å². The van der Waals surface area contributed by atoms with Crippen LogP contribution in [-0.2, 0) is 22.4 Å². The summed E-state index contributed by atoms with van der Waals surface area (Å²) in [7, 11) is 0. The van der Waals surface area contributed by atoms with Crippen LogP contribution in [0.4, 0.5) is 0 Å². The van der Waals surface area contributed by atoms with E-state index in [0.717, 1.165) is 86.9 Å². The van der Waals surface area contributed by atoms with E-state index < -0.39 is 6.10 Å². The maximum Gasteiger partial charge on any atom is 0.339 e. The number of aryl methyl sites for hydroxylation is 2. The van der Waals surface area contributed by atoms with Crippen LogP contribution in [0.15, 0.2) is 21.3 Å². The molecule has 0 saturated carbocycles. The minimum Gasteiger partial charge on any atom is -0.480 e. The molecule has 3 heterocycles. The van der Waals surface area contributed by atoms with Crippen molar-refractivity contribution in [3.8, 4) is 5.75 Å². The predicted molar refractivity (Wildman–Crippen MR) is 118 cm³/mol. The molecule has 2 saturated heterocycles. The summed E-state index contributed by atoms with van der Waals surface area (Å²) in [5.41, 5.74) is 3.26. The second kappa shape index (κ2) is 7.97. The van der Waals surface area contributed by atoms with Crippen molar-refractivity contribution in [2.24, 2.45) is 5.41 Å². The van der Waals surface area contributed by atoms with E-state index in [1.807, 2.05) is 30.9 Å². The van der Waals surface area contributed by atoms with Crippen molar-refractivity contribution in [3.63, 3.8) is 0 Å². The number of piperidine rings is 1. The van der Waals surface area contributed by atoms with Gasteiger partial charge in [-0.05, 0) is 81.9 Å². The third-order valence-electron chi connectivity index (χ3n) is 7.52. The first kappa shape index (κ1) is 20.6. The predicted octanol–water partition coefficient (Wildman–Crippen LogP) is 3.78. The molecule has 0 radical (unpaired) electrons. The molecule has 6 nitrogen and oxygen atoms in total. The lowest BCUT2D eigenvalue weighted by Gasteiger charge is -2.45. The average molecular weight is 426 g/mol. The number of likely N-dealkylation sites (tertiary alicyclic amines) is 1. The van der Waals surface area contributed by atoms with E-state index in [0.29, 0.717) is 11.3 Å². The largest absolute Gasteiger partial charge is 0.480 e. The van der Waals surface area contributed by atoms with E-state index in [-0.39, 0.29) is 16.9 Å². The summed E-state index contributed by atoms with van der Waals surface area (Å²) in [4.78, 5) is 27.6. The molecular weight excluding hydrogens is 394 g/mol. The number of nitrogens with zero attached hydrogens (tertiary/aromatic N) is 1. The number of carbonyl (C=O) groups excluding carboxylic acids is 1. The van der Waals surface area contributed by atoms with Gasteiger partial charge in [-0.2, -0.15) is 0 Å². The fraction of sp³-hybridized carbons (Fsp3) is 0.600. The van der Waals surface area contributed by atoms with Gasteiger partial charge in [-0.3, -0.25) is 4.79 Å². The van der Waals surface area contributed by atoms with Gasteiger partial charge in [-0.15, -0.1) is 0 Å². The van der Waals surface area contributed by atoms with Crippen molar-refractivity contribution in [2.75, 3.05) is 26.3 Å². The van der Waals surface area contributed by atoms with E-state index in [1.165, 1.54) is 6.42 Å².